The molecule has 1 aliphatic rings. The Balaban J connectivity index is 1.70. The fraction of sp³-hybridized carbons (Fsp3) is 0.588. The quantitative estimate of drug-likeness (QED) is 0.800. The van der Waals surface area contributed by atoms with E-state index < -0.39 is 0 Å². The number of hydrogen-bond acceptors (Lipinski definition) is 3. The van der Waals surface area contributed by atoms with Crippen LogP contribution in [0.2, 0.25) is 5.02 Å². The van der Waals surface area contributed by atoms with Gasteiger partial charge >= 0.3 is 0 Å². The molecule has 22 heavy (non-hydrogen) atoms. The van der Waals surface area contributed by atoms with Crippen molar-refractivity contribution in [2.24, 2.45) is 5.92 Å². The first kappa shape index (κ1) is 17.6. The van der Waals surface area contributed by atoms with Crippen LogP contribution in [0.15, 0.2) is 24.3 Å². The second-order valence-corrected chi connectivity index (χ2v) is 7.45. The Hall–Kier alpha value is -0.710. The number of carbonyl (C=O) groups excluding carboxylic acids is 1. The monoisotopic (exact) mass is 341 g/mol. The van der Waals surface area contributed by atoms with E-state index in [9.17, 15) is 9.90 Å². The van der Waals surface area contributed by atoms with E-state index in [1.165, 1.54) is 5.56 Å². The van der Waals surface area contributed by atoms with Crippen LogP contribution >= 0.6 is 23.4 Å². The van der Waals surface area contributed by atoms with Crippen LogP contribution < -0.4 is 5.32 Å². The van der Waals surface area contributed by atoms with Crippen LogP contribution in [0, 0.1) is 5.92 Å². The summed E-state index contributed by atoms with van der Waals surface area (Å²) in [7, 11) is 0. The fourth-order valence-corrected chi connectivity index (χ4v) is 4.08. The van der Waals surface area contributed by atoms with Crippen molar-refractivity contribution < 1.29 is 9.90 Å². The number of aliphatic hydroxyl groups excluding tert-OH is 1. The lowest BCUT2D eigenvalue weighted by molar-refractivity contribution is -0.122. The predicted molar refractivity (Wildman–Crippen MR) is 93.5 cm³/mol. The van der Waals surface area contributed by atoms with E-state index in [1.54, 1.807) is 0 Å². The maximum absolute atomic E-state index is 12.1. The minimum Gasteiger partial charge on any atom is -0.394 e. The molecule has 1 unspecified atom stereocenters. The molecule has 122 valence electrons. The van der Waals surface area contributed by atoms with Gasteiger partial charge < -0.3 is 10.4 Å². The van der Waals surface area contributed by atoms with Crippen molar-refractivity contribution in [3.63, 3.8) is 0 Å². The molecule has 0 aromatic heterocycles. The highest BCUT2D eigenvalue weighted by molar-refractivity contribution is 7.99. The number of rotatable bonds is 7. The number of aliphatic hydroxyl groups is 1. The molecular weight excluding hydrogens is 318 g/mol. The number of thioether (sulfide) groups is 1. The summed E-state index contributed by atoms with van der Waals surface area (Å²) in [5.41, 5.74) is 1.19. The SMILES string of the molecule is O=C(CCCc1ccc(Cl)cc1)NC(CO)C1CCSCC1. The fourth-order valence-electron chi connectivity index (χ4n) is 2.81. The molecule has 3 nitrogen and oxygen atoms in total. The van der Waals surface area contributed by atoms with Crippen LogP contribution in [0.1, 0.15) is 31.2 Å². The zero-order chi connectivity index (χ0) is 15.8. The molecule has 0 saturated carbocycles. The van der Waals surface area contributed by atoms with Crippen LogP contribution in [0.4, 0.5) is 0 Å². The molecule has 1 aliphatic heterocycles. The molecule has 2 N–H and O–H groups in total. The maximum atomic E-state index is 12.1. The van der Waals surface area contributed by atoms with E-state index in [0.29, 0.717) is 12.3 Å². The Morgan fingerprint density at radius 1 is 1.32 bits per heavy atom. The van der Waals surface area contributed by atoms with E-state index in [-0.39, 0.29) is 18.6 Å². The molecular formula is C17H24ClNO2S. The van der Waals surface area contributed by atoms with Gasteiger partial charge in [0.25, 0.3) is 0 Å². The molecule has 1 saturated heterocycles. The number of amides is 1. The van der Waals surface area contributed by atoms with Crippen molar-refractivity contribution in [1.29, 1.82) is 0 Å². The van der Waals surface area contributed by atoms with Crippen molar-refractivity contribution in [2.75, 3.05) is 18.1 Å². The van der Waals surface area contributed by atoms with Crippen molar-refractivity contribution in [2.45, 2.75) is 38.1 Å². The number of benzene rings is 1. The number of aryl methyl sites for hydroxylation is 1. The first-order valence-corrected chi connectivity index (χ1v) is 9.44. The summed E-state index contributed by atoms with van der Waals surface area (Å²) in [5, 5.41) is 13.3. The van der Waals surface area contributed by atoms with E-state index in [0.717, 1.165) is 42.2 Å². The minimum atomic E-state index is -0.0797. The lowest BCUT2D eigenvalue weighted by Crippen LogP contribution is -2.44. The third kappa shape index (κ3) is 5.82. The number of halogens is 1. The van der Waals surface area contributed by atoms with Gasteiger partial charge in [-0.2, -0.15) is 11.8 Å². The zero-order valence-corrected chi connectivity index (χ0v) is 14.3. The van der Waals surface area contributed by atoms with Crippen molar-refractivity contribution in [3.8, 4) is 0 Å². The Bertz CT molecular complexity index is 460. The summed E-state index contributed by atoms with van der Waals surface area (Å²) in [6.45, 7) is 0.0399. The van der Waals surface area contributed by atoms with Crippen LogP contribution in [0.5, 0.6) is 0 Å². The van der Waals surface area contributed by atoms with E-state index in [4.69, 9.17) is 11.6 Å². The van der Waals surface area contributed by atoms with Gasteiger partial charge in [0.05, 0.1) is 12.6 Å². The van der Waals surface area contributed by atoms with Crippen LogP contribution in [-0.4, -0.2) is 35.2 Å². The Morgan fingerprint density at radius 3 is 2.64 bits per heavy atom. The standard InChI is InChI=1S/C17H24ClNO2S/c18-15-6-4-13(5-7-15)2-1-3-17(21)19-16(12-20)14-8-10-22-11-9-14/h4-7,14,16,20H,1-3,8-12H2,(H,19,21). The van der Waals surface area contributed by atoms with Crippen molar-refractivity contribution in [1.82, 2.24) is 5.32 Å². The van der Waals surface area contributed by atoms with Gasteiger partial charge in [-0.25, -0.2) is 0 Å². The topological polar surface area (TPSA) is 49.3 Å². The molecule has 0 spiro atoms. The molecule has 1 fully saturated rings. The van der Waals surface area contributed by atoms with E-state index in [2.05, 4.69) is 5.32 Å². The summed E-state index contributed by atoms with van der Waals surface area (Å²) in [6.07, 6.45) is 4.35. The number of carbonyl (C=O) groups is 1. The highest BCUT2D eigenvalue weighted by Gasteiger charge is 2.24. The molecule has 1 aromatic rings. The van der Waals surface area contributed by atoms with Gasteiger partial charge in [0.1, 0.15) is 0 Å². The Kier molecular flexibility index (Phi) is 7.56. The molecule has 2 rings (SSSR count). The number of hydrogen-bond donors (Lipinski definition) is 2. The maximum Gasteiger partial charge on any atom is 0.220 e. The van der Waals surface area contributed by atoms with Gasteiger partial charge in [-0.05, 0) is 60.8 Å². The summed E-state index contributed by atoms with van der Waals surface area (Å²) in [6, 6.07) is 7.66. The largest absolute Gasteiger partial charge is 0.394 e. The van der Waals surface area contributed by atoms with Gasteiger partial charge in [0.15, 0.2) is 0 Å². The van der Waals surface area contributed by atoms with Crippen LogP contribution in [0.25, 0.3) is 0 Å². The molecule has 0 bridgehead atoms. The molecule has 1 heterocycles. The molecule has 1 atom stereocenters. The summed E-state index contributed by atoms with van der Waals surface area (Å²) in [5.74, 6) is 2.74. The van der Waals surface area contributed by atoms with E-state index in [1.807, 2.05) is 36.0 Å². The minimum absolute atomic E-state index is 0.0399. The van der Waals surface area contributed by atoms with Gasteiger partial charge in [-0.3, -0.25) is 4.79 Å². The first-order valence-electron chi connectivity index (χ1n) is 7.91. The normalized spacial score (nSPS) is 17.2. The van der Waals surface area contributed by atoms with Gasteiger partial charge in [0.2, 0.25) is 5.91 Å². The van der Waals surface area contributed by atoms with Crippen molar-refractivity contribution in [3.05, 3.63) is 34.9 Å². The third-order valence-corrected chi connectivity index (χ3v) is 5.46. The average molecular weight is 342 g/mol. The molecule has 0 radical (unpaired) electrons. The highest BCUT2D eigenvalue weighted by Crippen LogP contribution is 2.25. The Labute approximate surface area is 141 Å². The van der Waals surface area contributed by atoms with Crippen LogP contribution in [-0.2, 0) is 11.2 Å². The molecule has 1 aromatic carbocycles. The predicted octanol–water partition coefficient (Wildman–Crippen LogP) is 3.28. The Morgan fingerprint density at radius 2 is 2.00 bits per heavy atom. The van der Waals surface area contributed by atoms with Gasteiger partial charge in [-0.1, -0.05) is 23.7 Å². The summed E-state index contributed by atoms with van der Waals surface area (Å²) >= 11 is 7.81. The zero-order valence-electron chi connectivity index (χ0n) is 12.8. The lowest BCUT2D eigenvalue weighted by atomic mass is 9.94. The molecule has 5 heteroatoms. The molecule has 0 aliphatic carbocycles. The number of nitrogens with one attached hydrogen (secondary N) is 1. The van der Waals surface area contributed by atoms with Crippen molar-refractivity contribution >= 4 is 29.3 Å². The van der Waals surface area contributed by atoms with Gasteiger partial charge in [-0.15, -0.1) is 0 Å². The highest BCUT2D eigenvalue weighted by atomic mass is 35.5. The second-order valence-electron chi connectivity index (χ2n) is 5.79. The van der Waals surface area contributed by atoms with Crippen LogP contribution in [0.3, 0.4) is 0 Å². The smallest absolute Gasteiger partial charge is 0.220 e. The average Bonchev–Trinajstić information content (AvgIpc) is 2.55. The third-order valence-electron chi connectivity index (χ3n) is 4.16. The summed E-state index contributed by atoms with van der Waals surface area (Å²) in [4.78, 5) is 12.1. The lowest BCUT2D eigenvalue weighted by Gasteiger charge is -2.29. The second kappa shape index (κ2) is 9.43. The first-order chi connectivity index (χ1) is 10.7. The van der Waals surface area contributed by atoms with E-state index >= 15 is 0 Å². The molecule has 1 amide bonds. The van der Waals surface area contributed by atoms with Gasteiger partial charge in [0, 0.05) is 11.4 Å². The summed E-state index contributed by atoms with van der Waals surface area (Å²) < 4.78 is 0.